The molecule has 0 amide bonds. The summed E-state index contributed by atoms with van der Waals surface area (Å²) in [6.45, 7) is 10.8. The molecule has 16 heavy (non-hydrogen) atoms. The molecule has 0 spiro atoms. The van der Waals surface area contributed by atoms with Gasteiger partial charge in [0.15, 0.2) is 0 Å². The van der Waals surface area contributed by atoms with Gasteiger partial charge in [-0.1, -0.05) is 26.7 Å². The Morgan fingerprint density at radius 3 is 2.25 bits per heavy atom. The quantitative estimate of drug-likeness (QED) is 0.752. The molecule has 2 atom stereocenters. The Hall–Kier alpha value is -0.0800. The molecule has 2 unspecified atom stereocenters. The molecule has 0 aliphatic heterocycles. The van der Waals surface area contributed by atoms with Crippen molar-refractivity contribution in [3.8, 4) is 0 Å². The van der Waals surface area contributed by atoms with Crippen LogP contribution >= 0.6 is 0 Å². The van der Waals surface area contributed by atoms with E-state index in [2.05, 4.69) is 33.0 Å². The van der Waals surface area contributed by atoms with E-state index in [4.69, 9.17) is 4.74 Å². The maximum atomic E-state index is 5.79. The van der Waals surface area contributed by atoms with Crippen molar-refractivity contribution in [2.75, 3.05) is 13.2 Å². The Labute approximate surface area is 101 Å². The molecule has 0 bridgehead atoms. The number of rotatable bonds is 6. The summed E-state index contributed by atoms with van der Waals surface area (Å²) < 4.78 is 5.79. The molecule has 2 nitrogen and oxygen atoms in total. The molecule has 1 fully saturated rings. The van der Waals surface area contributed by atoms with Gasteiger partial charge in [-0.15, -0.1) is 0 Å². The Balaban J connectivity index is 2.31. The second-order valence-corrected chi connectivity index (χ2v) is 5.75. The predicted octanol–water partition coefficient (Wildman–Crippen LogP) is 3.22. The minimum absolute atomic E-state index is 0.376. The van der Waals surface area contributed by atoms with Crippen LogP contribution in [0.3, 0.4) is 0 Å². The summed E-state index contributed by atoms with van der Waals surface area (Å²) in [5, 5.41) is 3.58. The van der Waals surface area contributed by atoms with Crippen LogP contribution in [-0.2, 0) is 4.74 Å². The lowest BCUT2D eigenvalue weighted by molar-refractivity contribution is 0.0220. The molecule has 0 saturated heterocycles. The third kappa shape index (κ3) is 5.31. The van der Waals surface area contributed by atoms with E-state index in [-0.39, 0.29) is 0 Å². The van der Waals surface area contributed by atoms with Gasteiger partial charge in [-0.3, -0.25) is 0 Å². The Morgan fingerprint density at radius 1 is 1.06 bits per heavy atom. The fraction of sp³-hybridized carbons (Fsp3) is 1.00. The lowest BCUT2D eigenvalue weighted by Gasteiger charge is -2.32. The van der Waals surface area contributed by atoms with Crippen molar-refractivity contribution in [2.45, 2.75) is 65.5 Å². The third-order valence-electron chi connectivity index (χ3n) is 3.50. The number of hydrogen-bond acceptors (Lipinski definition) is 2. The van der Waals surface area contributed by atoms with Crippen molar-refractivity contribution in [3.05, 3.63) is 0 Å². The molecule has 1 aliphatic rings. The molecule has 0 heterocycles. The van der Waals surface area contributed by atoms with E-state index < -0.39 is 0 Å². The molecule has 0 radical (unpaired) electrons. The van der Waals surface area contributed by atoms with Crippen molar-refractivity contribution in [2.24, 2.45) is 11.8 Å². The van der Waals surface area contributed by atoms with E-state index in [9.17, 15) is 0 Å². The van der Waals surface area contributed by atoms with E-state index >= 15 is 0 Å². The van der Waals surface area contributed by atoms with Crippen LogP contribution in [0.4, 0.5) is 0 Å². The molecule has 0 aromatic heterocycles. The minimum Gasteiger partial charge on any atom is -0.378 e. The van der Waals surface area contributed by atoms with Crippen molar-refractivity contribution < 1.29 is 4.74 Å². The summed E-state index contributed by atoms with van der Waals surface area (Å²) in [6, 6.07) is 0.605. The van der Waals surface area contributed by atoms with E-state index in [1.807, 2.05) is 0 Å². The Morgan fingerprint density at radius 2 is 1.69 bits per heavy atom. The summed E-state index contributed by atoms with van der Waals surface area (Å²) in [5.74, 6) is 1.61. The van der Waals surface area contributed by atoms with Crippen molar-refractivity contribution in [1.82, 2.24) is 5.32 Å². The fourth-order valence-corrected chi connectivity index (χ4v) is 2.48. The highest BCUT2D eigenvalue weighted by molar-refractivity contribution is 4.77. The van der Waals surface area contributed by atoms with Crippen LogP contribution < -0.4 is 5.32 Å². The van der Waals surface area contributed by atoms with E-state index in [0.717, 1.165) is 18.4 Å². The van der Waals surface area contributed by atoms with Crippen molar-refractivity contribution >= 4 is 0 Å². The highest BCUT2D eigenvalue weighted by atomic mass is 16.5. The van der Waals surface area contributed by atoms with Crippen LogP contribution in [0.15, 0.2) is 0 Å². The molecular weight excluding hydrogens is 198 g/mol. The highest BCUT2D eigenvalue weighted by Gasteiger charge is 2.25. The molecular formula is C14H29NO. The first-order valence-electron chi connectivity index (χ1n) is 6.94. The molecule has 0 aromatic rings. The van der Waals surface area contributed by atoms with Crippen LogP contribution in [0.5, 0.6) is 0 Å². The molecule has 96 valence electrons. The van der Waals surface area contributed by atoms with Crippen LogP contribution in [-0.4, -0.2) is 25.3 Å². The van der Waals surface area contributed by atoms with Gasteiger partial charge >= 0.3 is 0 Å². The van der Waals surface area contributed by atoms with Gasteiger partial charge in [-0.05, 0) is 45.1 Å². The summed E-state index contributed by atoms with van der Waals surface area (Å²) in [6.07, 6.45) is 5.91. The zero-order valence-electron chi connectivity index (χ0n) is 11.5. The van der Waals surface area contributed by atoms with Crippen LogP contribution in [0, 0.1) is 11.8 Å². The van der Waals surface area contributed by atoms with Gasteiger partial charge in [0.2, 0.25) is 0 Å². The average Bonchev–Trinajstić information content (AvgIpc) is 2.24. The van der Waals surface area contributed by atoms with Crippen LogP contribution in [0.25, 0.3) is 0 Å². The molecule has 1 saturated carbocycles. The lowest BCUT2D eigenvalue weighted by atomic mass is 9.79. The van der Waals surface area contributed by atoms with Gasteiger partial charge in [-0.25, -0.2) is 0 Å². The second kappa shape index (κ2) is 7.29. The standard InChI is InChI=1S/C14H29NO/c1-11(2)15-9-13-7-5-6-8-14(13)10-16-12(3)4/h11-15H,5-10H2,1-4H3. The largest absolute Gasteiger partial charge is 0.378 e. The van der Waals surface area contributed by atoms with Crippen LogP contribution in [0.2, 0.25) is 0 Å². The third-order valence-corrected chi connectivity index (χ3v) is 3.50. The minimum atomic E-state index is 0.376. The van der Waals surface area contributed by atoms with Crippen molar-refractivity contribution in [1.29, 1.82) is 0 Å². The molecule has 1 rings (SSSR count). The van der Waals surface area contributed by atoms with Gasteiger partial charge in [0.05, 0.1) is 12.7 Å². The van der Waals surface area contributed by atoms with Gasteiger partial charge in [0.1, 0.15) is 0 Å². The van der Waals surface area contributed by atoms with Gasteiger partial charge in [0.25, 0.3) is 0 Å². The molecule has 0 aromatic carbocycles. The predicted molar refractivity (Wildman–Crippen MR) is 69.7 cm³/mol. The first kappa shape index (κ1) is 14.0. The van der Waals surface area contributed by atoms with Crippen LogP contribution in [0.1, 0.15) is 53.4 Å². The summed E-state index contributed by atoms with van der Waals surface area (Å²) in [7, 11) is 0. The zero-order valence-corrected chi connectivity index (χ0v) is 11.5. The highest BCUT2D eigenvalue weighted by Crippen LogP contribution is 2.30. The van der Waals surface area contributed by atoms with E-state index in [1.165, 1.54) is 32.2 Å². The maximum Gasteiger partial charge on any atom is 0.0519 e. The molecule has 1 aliphatic carbocycles. The maximum absolute atomic E-state index is 5.79. The topological polar surface area (TPSA) is 21.3 Å². The SMILES string of the molecule is CC(C)NCC1CCCCC1COC(C)C. The lowest BCUT2D eigenvalue weighted by Crippen LogP contribution is -2.36. The Bertz CT molecular complexity index is 160. The van der Waals surface area contributed by atoms with Gasteiger partial charge in [0, 0.05) is 6.04 Å². The first-order valence-corrected chi connectivity index (χ1v) is 6.94. The number of hydrogen-bond donors (Lipinski definition) is 1. The zero-order chi connectivity index (χ0) is 12.0. The average molecular weight is 227 g/mol. The molecule has 2 heteroatoms. The number of nitrogens with one attached hydrogen (secondary N) is 1. The van der Waals surface area contributed by atoms with Crippen molar-refractivity contribution in [3.63, 3.8) is 0 Å². The monoisotopic (exact) mass is 227 g/mol. The summed E-state index contributed by atoms with van der Waals surface area (Å²) in [5.41, 5.74) is 0. The van der Waals surface area contributed by atoms with E-state index in [0.29, 0.717) is 12.1 Å². The number of ether oxygens (including phenoxy) is 1. The van der Waals surface area contributed by atoms with E-state index in [1.54, 1.807) is 0 Å². The summed E-state index contributed by atoms with van der Waals surface area (Å²) >= 11 is 0. The summed E-state index contributed by atoms with van der Waals surface area (Å²) in [4.78, 5) is 0. The molecule has 1 N–H and O–H groups in total. The fourth-order valence-electron chi connectivity index (χ4n) is 2.48. The normalized spacial score (nSPS) is 26.6. The second-order valence-electron chi connectivity index (χ2n) is 5.75. The van der Waals surface area contributed by atoms with Gasteiger partial charge in [-0.2, -0.15) is 0 Å². The Kier molecular flexibility index (Phi) is 6.37. The smallest absolute Gasteiger partial charge is 0.0519 e. The van der Waals surface area contributed by atoms with Gasteiger partial charge < -0.3 is 10.1 Å². The first-order chi connectivity index (χ1) is 7.59.